The minimum absolute atomic E-state index is 0.376. The Kier molecular flexibility index (Phi) is 4.94. The fourth-order valence-corrected chi connectivity index (χ4v) is 4.12. The molecule has 2 aromatic heterocycles. The Hall–Kier alpha value is -2.85. The van der Waals surface area contributed by atoms with Gasteiger partial charge >= 0.3 is 5.97 Å². The van der Waals surface area contributed by atoms with Gasteiger partial charge in [0.2, 0.25) is 10.0 Å². The topological polar surface area (TPSA) is 124 Å². The first-order valence-electron chi connectivity index (χ1n) is 8.17. The molecule has 0 saturated heterocycles. The van der Waals surface area contributed by atoms with Gasteiger partial charge in [0.15, 0.2) is 17.0 Å². The first-order valence-corrected chi connectivity index (χ1v) is 9.65. The number of nitrogens with zero attached hydrogens (tertiary/aromatic N) is 2. The van der Waals surface area contributed by atoms with Gasteiger partial charge in [-0.3, -0.25) is 4.68 Å². The molecule has 3 rings (SSSR count). The van der Waals surface area contributed by atoms with E-state index < -0.39 is 32.6 Å². The highest BCUT2D eigenvalue weighted by Crippen LogP contribution is 2.31. The Morgan fingerprint density at radius 3 is 2.85 bits per heavy atom. The number of nitrogens with one attached hydrogen (secondary N) is 1. The summed E-state index contributed by atoms with van der Waals surface area (Å²) < 4.78 is 40.0. The van der Waals surface area contributed by atoms with Crippen LogP contribution >= 0.6 is 0 Å². The molecule has 1 aromatic carbocycles. The van der Waals surface area contributed by atoms with Crippen molar-refractivity contribution in [3.8, 4) is 5.75 Å². The number of sulfonamides is 1. The number of carboxylic acids is 1. The Morgan fingerprint density at radius 1 is 1.44 bits per heavy atom. The molecule has 0 aliphatic heterocycles. The number of aryl methyl sites for hydroxylation is 1. The molecule has 0 aliphatic rings. The molecule has 0 aliphatic carbocycles. The number of hydrogen-bond donors (Lipinski definition) is 2. The summed E-state index contributed by atoms with van der Waals surface area (Å²) in [6, 6.07) is 6.39. The van der Waals surface area contributed by atoms with Crippen molar-refractivity contribution < 1.29 is 27.5 Å². The van der Waals surface area contributed by atoms with Crippen LogP contribution in [0.15, 0.2) is 39.8 Å². The van der Waals surface area contributed by atoms with Crippen LogP contribution in [-0.2, 0) is 17.1 Å². The van der Waals surface area contributed by atoms with Gasteiger partial charge < -0.3 is 14.3 Å². The lowest BCUT2D eigenvalue weighted by atomic mass is 10.2. The predicted octanol–water partition coefficient (Wildman–Crippen LogP) is 2.30. The maximum atomic E-state index is 12.6. The molecular weight excluding hydrogens is 374 g/mol. The van der Waals surface area contributed by atoms with E-state index in [1.807, 2.05) is 19.1 Å². The SMILES string of the molecule is CCOc1cccc2cc(C(C)NS(=O)(=O)c3cnn(C)c3C(=O)O)oc12. The molecule has 1 atom stereocenters. The molecule has 2 heterocycles. The summed E-state index contributed by atoms with van der Waals surface area (Å²) >= 11 is 0. The lowest BCUT2D eigenvalue weighted by Gasteiger charge is -2.11. The summed E-state index contributed by atoms with van der Waals surface area (Å²) in [4.78, 5) is 10.9. The summed E-state index contributed by atoms with van der Waals surface area (Å²) in [6.45, 7) is 3.93. The van der Waals surface area contributed by atoms with Crippen molar-refractivity contribution in [2.24, 2.45) is 7.05 Å². The van der Waals surface area contributed by atoms with Crippen LogP contribution in [-0.4, -0.2) is 35.9 Å². The van der Waals surface area contributed by atoms with Gasteiger partial charge in [-0.2, -0.15) is 5.10 Å². The highest BCUT2D eigenvalue weighted by molar-refractivity contribution is 7.89. The Balaban J connectivity index is 1.93. The Labute approximate surface area is 155 Å². The Morgan fingerprint density at radius 2 is 2.19 bits per heavy atom. The quantitative estimate of drug-likeness (QED) is 0.631. The molecule has 1 unspecified atom stereocenters. The molecule has 9 nitrogen and oxygen atoms in total. The number of aromatic carboxylic acids is 1. The highest BCUT2D eigenvalue weighted by atomic mass is 32.2. The van der Waals surface area contributed by atoms with Crippen LogP contribution in [0.1, 0.15) is 36.1 Å². The number of rotatable bonds is 7. The molecule has 2 N–H and O–H groups in total. The van der Waals surface area contributed by atoms with Crippen LogP contribution in [0.5, 0.6) is 5.75 Å². The smallest absolute Gasteiger partial charge is 0.355 e. The molecule has 0 bridgehead atoms. The van der Waals surface area contributed by atoms with Gasteiger partial charge in [-0.15, -0.1) is 0 Å². The van der Waals surface area contributed by atoms with E-state index in [1.165, 1.54) is 7.05 Å². The first-order chi connectivity index (χ1) is 12.7. The second-order valence-corrected chi connectivity index (χ2v) is 7.57. The monoisotopic (exact) mass is 393 g/mol. The number of furan rings is 1. The third-order valence-corrected chi connectivity index (χ3v) is 5.52. The lowest BCUT2D eigenvalue weighted by molar-refractivity contribution is 0.0680. The minimum Gasteiger partial charge on any atom is -0.490 e. The van der Waals surface area contributed by atoms with Gasteiger partial charge in [0.25, 0.3) is 0 Å². The van der Waals surface area contributed by atoms with E-state index in [2.05, 4.69) is 9.82 Å². The number of carboxylic acid groups (broad SMARTS) is 1. The fourth-order valence-electron chi connectivity index (χ4n) is 2.75. The van der Waals surface area contributed by atoms with Crippen LogP contribution in [0.25, 0.3) is 11.0 Å². The summed E-state index contributed by atoms with van der Waals surface area (Å²) in [5.74, 6) is -0.439. The molecular formula is C17H19N3O6S. The standard InChI is InChI=1S/C17H19N3O6S/c1-4-25-12-7-5-6-11-8-13(26-16(11)12)10(2)19-27(23,24)14-9-18-20(3)15(14)17(21)22/h5-10,19H,4H2,1-3H3,(H,21,22). The van der Waals surface area contributed by atoms with Crippen molar-refractivity contribution in [2.45, 2.75) is 24.8 Å². The van der Waals surface area contributed by atoms with E-state index in [9.17, 15) is 18.3 Å². The van der Waals surface area contributed by atoms with Gasteiger partial charge in [-0.25, -0.2) is 17.9 Å². The van der Waals surface area contributed by atoms with Crippen molar-refractivity contribution in [3.05, 3.63) is 41.9 Å². The lowest BCUT2D eigenvalue weighted by Crippen LogP contribution is -2.28. The number of para-hydroxylation sites is 1. The highest BCUT2D eigenvalue weighted by Gasteiger charge is 2.29. The van der Waals surface area contributed by atoms with Crippen molar-refractivity contribution in [2.75, 3.05) is 6.61 Å². The van der Waals surface area contributed by atoms with Crippen LogP contribution in [0.2, 0.25) is 0 Å². The van der Waals surface area contributed by atoms with Crippen molar-refractivity contribution in [3.63, 3.8) is 0 Å². The first kappa shape index (κ1) is 18.9. The zero-order chi connectivity index (χ0) is 19.8. The van der Waals surface area contributed by atoms with Crippen LogP contribution in [0, 0.1) is 0 Å². The second kappa shape index (κ2) is 7.05. The van der Waals surface area contributed by atoms with Gasteiger partial charge in [-0.1, -0.05) is 12.1 Å². The maximum Gasteiger partial charge on any atom is 0.355 e. The minimum atomic E-state index is -4.13. The maximum absolute atomic E-state index is 12.6. The van der Waals surface area contributed by atoms with Gasteiger partial charge in [-0.05, 0) is 26.0 Å². The van der Waals surface area contributed by atoms with E-state index in [0.717, 1.165) is 16.3 Å². The van der Waals surface area contributed by atoms with Gasteiger partial charge in [0, 0.05) is 12.4 Å². The normalized spacial score (nSPS) is 13.0. The number of benzene rings is 1. The van der Waals surface area contributed by atoms with Crippen molar-refractivity contribution in [1.82, 2.24) is 14.5 Å². The fraction of sp³-hybridized carbons (Fsp3) is 0.294. The third-order valence-electron chi connectivity index (χ3n) is 3.98. The van der Waals surface area contributed by atoms with E-state index in [-0.39, 0.29) is 0 Å². The number of hydrogen-bond acceptors (Lipinski definition) is 6. The summed E-state index contributed by atoms with van der Waals surface area (Å²) in [6.07, 6.45) is 1.00. The van der Waals surface area contributed by atoms with Crippen LogP contribution in [0.3, 0.4) is 0 Å². The average Bonchev–Trinajstić information content (AvgIpc) is 3.19. The van der Waals surface area contributed by atoms with Crippen molar-refractivity contribution >= 4 is 27.0 Å². The molecule has 0 fully saturated rings. The number of carbonyl (C=O) groups is 1. The average molecular weight is 393 g/mol. The summed E-state index contributed by atoms with van der Waals surface area (Å²) in [5, 5.41) is 13.7. The third kappa shape index (κ3) is 3.53. The van der Waals surface area contributed by atoms with E-state index >= 15 is 0 Å². The number of fused-ring (bicyclic) bond motifs is 1. The van der Waals surface area contributed by atoms with Gasteiger partial charge in [0.05, 0.1) is 18.8 Å². The van der Waals surface area contributed by atoms with E-state index in [4.69, 9.17) is 9.15 Å². The number of ether oxygens (including phenoxy) is 1. The Bertz CT molecular complexity index is 1100. The van der Waals surface area contributed by atoms with Gasteiger partial charge in [0.1, 0.15) is 10.7 Å². The predicted molar refractivity (Wildman–Crippen MR) is 96.3 cm³/mol. The molecule has 144 valence electrons. The van der Waals surface area contributed by atoms with Crippen molar-refractivity contribution in [1.29, 1.82) is 0 Å². The molecule has 0 spiro atoms. The largest absolute Gasteiger partial charge is 0.490 e. The second-order valence-electron chi connectivity index (χ2n) is 5.89. The molecule has 27 heavy (non-hydrogen) atoms. The summed E-state index contributed by atoms with van der Waals surface area (Å²) in [5.41, 5.74) is 0.103. The molecule has 3 aromatic rings. The summed E-state index contributed by atoms with van der Waals surface area (Å²) in [7, 11) is -2.76. The number of aromatic nitrogens is 2. The van der Waals surface area contributed by atoms with Crippen LogP contribution in [0.4, 0.5) is 0 Å². The molecule has 0 saturated carbocycles. The molecule has 0 amide bonds. The van der Waals surface area contributed by atoms with Crippen LogP contribution < -0.4 is 9.46 Å². The zero-order valence-electron chi connectivity index (χ0n) is 15.0. The molecule has 0 radical (unpaired) electrons. The zero-order valence-corrected chi connectivity index (χ0v) is 15.8. The van der Waals surface area contributed by atoms with E-state index in [1.54, 1.807) is 19.1 Å². The molecule has 10 heteroatoms. The van der Waals surface area contributed by atoms with E-state index in [0.29, 0.717) is 23.7 Å².